The van der Waals surface area contributed by atoms with Crippen LogP contribution in [-0.4, -0.2) is 21.2 Å². The number of benzene rings is 2. The van der Waals surface area contributed by atoms with Crippen LogP contribution in [0.1, 0.15) is 21.6 Å². The summed E-state index contributed by atoms with van der Waals surface area (Å²) in [5, 5.41) is 3.59. The molecule has 0 atom stereocenters. The van der Waals surface area contributed by atoms with E-state index in [1.54, 1.807) is 37.3 Å². The molecule has 0 spiro atoms. The number of hydrogen-bond donors (Lipinski definition) is 1. The number of pyridine rings is 1. The van der Waals surface area contributed by atoms with Gasteiger partial charge in [0.15, 0.2) is 0 Å². The lowest BCUT2D eigenvalue weighted by Gasteiger charge is -2.09. The van der Waals surface area contributed by atoms with Gasteiger partial charge in [0.25, 0.3) is 11.7 Å². The van der Waals surface area contributed by atoms with Crippen molar-refractivity contribution in [2.45, 2.75) is 13.5 Å². The van der Waals surface area contributed by atoms with E-state index in [1.807, 2.05) is 16.7 Å². The zero-order valence-corrected chi connectivity index (χ0v) is 16.8. The fourth-order valence-corrected chi connectivity index (χ4v) is 3.58. The lowest BCUT2D eigenvalue weighted by atomic mass is 10.1. The number of aromatic nitrogens is 2. The fourth-order valence-electron chi connectivity index (χ4n) is 3.45. The Balaban J connectivity index is 1.76. The number of rotatable bonds is 5. The molecule has 0 unspecified atom stereocenters. The summed E-state index contributed by atoms with van der Waals surface area (Å²) in [6, 6.07) is 14.7. The zero-order valence-electron chi connectivity index (χ0n) is 16.0. The molecule has 5 nitrogen and oxygen atoms in total. The number of fused-ring (bicyclic) bond motifs is 1. The molecule has 2 heterocycles. The molecule has 0 fully saturated rings. The predicted molar refractivity (Wildman–Crippen MR) is 114 cm³/mol. The summed E-state index contributed by atoms with van der Waals surface area (Å²) in [7, 11) is 0. The summed E-state index contributed by atoms with van der Waals surface area (Å²) in [6.07, 6.45) is 3.03. The van der Waals surface area contributed by atoms with E-state index in [9.17, 15) is 14.0 Å². The van der Waals surface area contributed by atoms with E-state index < -0.39 is 17.5 Å². The van der Waals surface area contributed by atoms with Crippen LogP contribution in [0, 0.1) is 12.7 Å². The average molecular weight is 422 g/mol. The number of carbonyl (C=O) groups excluding carboxylic acids is 2. The summed E-state index contributed by atoms with van der Waals surface area (Å²) in [5.74, 6) is -2.00. The van der Waals surface area contributed by atoms with E-state index in [0.29, 0.717) is 33.9 Å². The van der Waals surface area contributed by atoms with Gasteiger partial charge < -0.3 is 9.88 Å². The van der Waals surface area contributed by atoms with Crippen LogP contribution in [0.15, 0.2) is 67.0 Å². The van der Waals surface area contributed by atoms with E-state index >= 15 is 0 Å². The summed E-state index contributed by atoms with van der Waals surface area (Å²) < 4.78 is 15.9. The minimum atomic E-state index is -0.792. The lowest BCUT2D eigenvalue weighted by molar-refractivity contribution is -0.112. The number of hydrogen-bond acceptors (Lipinski definition) is 3. The first kappa shape index (κ1) is 19.8. The third-order valence-corrected chi connectivity index (χ3v) is 5.16. The van der Waals surface area contributed by atoms with E-state index in [-0.39, 0.29) is 5.56 Å². The Morgan fingerprint density at radius 2 is 1.77 bits per heavy atom. The van der Waals surface area contributed by atoms with Crippen LogP contribution in [0.5, 0.6) is 0 Å². The highest BCUT2D eigenvalue weighted by atomic mass is 35.5. The second-order valence-electron chi connectivity index (χ2n) is 6.85. The molecule has 0 aliphatic carbocycles. The molecule has 4 rings (SSSR count). The SMILES string of the molecule is Cc1c(C(=O)C(=O)Nc2ccncc2)c2cc(F)ccc2n1Cc1ccc(Cl)cc1. The number of nitrogens with zero attached hydrogens (tertiary/aromatic N) is 2. The Bertz CT molecular complexity index is 1250. The number of anilines is 1. The number of Topliss-reactive ketones (excluding diaryl/α,β-unsaturated/α-hetero) is 1. The van der Waals surface area contributed by atoms with Crippen LogP contribution >= 0.6 is 11.6 Å². The molecule has 0 aliphatic rings. The smallest absolute Gasteiger partial charge is 0.296 e. The normalized spacial score (nSPS) is 10.9. The maximum absolute atomic E-state index is 14.0. The second kappa shape index (κ2) is 8.08. The largest absolute Gasteiger partial charge is 0.340 e. The van der Waals surface area contributed by atoms with Crippen LogP contribution in [0.2, 0.25) is 5.02 Å². The molecule has 1 N–H and O–H groups in total. The van der Waals surface area contributed by atoms with Crippen LogP contribution in [-0.2, 0) is 11.3 Å². The second-order valence-corrected chi connectivity index (χ2v) is 7.29. The number of amides is 1. The Morgan fingerprint density at radius 3 is 2.47 bits per heavy atom. The van der Waals surface area contributed by atoms with Crippen molar-refractivity contribution in [2.75, 3.05) is 5.32 Å². The van der Waals surface area contributed by atoms with Gasteiger partial charge in [-0.1, -0.05) is 23.7 Å². The van der Waals surface area contributed by atoms with Crippen LogP contribution in [0.3, 0.4) is 0 Å². The van der Waals surface area contributed by atoms with E-state index in [1.165, 1.54) is 24.5 Å². The zero-order chi connectivity index (χ0) is 21.3. The van der Waals surface area contributed by atoms with Gasteiger partial charge in [-0.2, -0.15) is 0 Å². The third-order valence-electron chi connectivity index (χ3n) is 4.91. The highest BCUT2D eigenvalue weighted by Crippen LogP contribution is 2.29. The van der Waals surface area contributed by atoms with Gasteiger partial charge in [0.2, 0.25) is 0 Å². The van der Waals surface area contributed by atoms with Crippen LogP contribution < -0.4 is 5.32 Å². The van der Waals surface area contributed by atoms with Gasteiger partial charge in [0.1, 0.15) is 5.82 Å². The first-order valence-electron chi connectivity index (χ1n) is 9.22. The number of ketones is 1. The molecule has 0 saturated heterocycles. The Labute approximate surface area is 177 Å². The number of halogens is 2. The Hall–Kier alpha value is -3.51. The van der Waals surface area contributed by atoms with Crippen LogP contribution in [0.4, 0.5) is 10.1 Å². The maximum Gasteiger partial charge on any atom is 0.296 e. The average Bonchev–Trinajstić information content (AvgIpc) is 3.00. The molecule has 2 aromatic carbocycles. The molecule has 0 bridgehead atoms. The summed E-state index contributed by atoms with van der Waals surface area (Å²) in [5.41, 5.74) is 2.86. The quantitative estimate of drug-likeness (QED) is 0.364. The number of nitrogens with one attached hydrogen (secondary N) is 1. The first-order valence-corrected chi connectivity index (χ1v) is 9.60. The summed E-state index contributed by atoms with van der Waals surface area (Å²) in [6.45, 7) is 2.20. The molecule has 150 valence electrons. The molecule has 7 heteroatoms. The molecular weight excluding hydrogens is 405 g/mol. The molecule has 0 aliphatic heterocycles. The van der Waals surface area contributed by atoms with Crippen molar-refractivity contribution in [2.24, 2.45) is 0 Å². The third kappa shape index (κ3) is 3.82. The summed E-state index contributed by atoms with van der Waals surface area (Å²) in [4.78, 5) is 29.5. The molecule has 30 heavy (non-hydrogen) atoms. The highest BCUT2D eigenvalue weighted by Gasteiger charge is 2.25. The van der Waals surface area contributed by atoms with Crippen molar-refractivity contribution < 1.29 is 14.0 Å². The standard InChI is InChI=1S/C23H17ClFN3O2/c1-14-21(22(29)23(30)27-18-8-10-26-11-9-18)19-12-17(25)6-7-20(19)28(14)13-15-2-4-16(24)5-3-15/h2-12H,13H2,1H3,(H,26,27,30). The van der Waals surface area contributed by atoms with Gasteiger partial charge in [-0.15, -0.1) is 0 Å². The van der Waals surface area contributed by atoms with Crippen molar-refractivity contribution >= 4 is 39.9 Å². The fraction of sp³-hybridized carbons (Fsp3) is 0.0870. The van der Waals surface area contributed by atoms with Gasteiger partial charge in [-0.05, 0) is 55.0 Å². The summed E-state index contributed by atoms with van der Waals surface area (Å²) >= 11 is 5.96. The van der Waals surface area contributed by atoms with Gasteiger partial charge >= 0.3 is 0 Å². The highest BCUT2D eigenvalue weighted by molar-refractivity contribution is 6.48. The van der Waals surface area contributed by atoms with Crippen molar-refractivity contribution in [1.82, 2.24) is 9.55 Å². The van der Waals surface area contributed by atoms with Crippen molar-refractivity contribution in [3.63, 3.8) is 0 Å². The van der Waals surface area contributed by atoms with Gasteiger partial charge in [-0.3, -0.25) is 14.6 Å². The first-order chi connectivity index (χ1) is 14.4. The number of carbonyl (C=O) groups is 2. The Kier molecular flexibility index (Phi) is 5.33. The molecule has 4 aromatic rings. The molecular formula is C23H17ClFN3O2. The van der Waals surface area contributed by atoms with E-state index in [0.717, 1.165) is 5.56 Å². The minimum absolute atomic E-state index is 0.185. The van der Waals surface area contributed by atoms with E-state index in [2.05, 4.69) is 10.3 Å². The van der Waals surface area contributed by atoms with Crippen molar-refractivity contribution in [1.29, 1.82) is 0 Å². The maximum atomic E-state index is 14.0. The van der Waals surface area contributed by atoms with E-state index in [4.69, 9.17) is 11.6 Å². The predicted octanol–water partition coefficient (Wildman–Crippen LogP) is 5.01. The monoisotopic (exact) mass is 421 g/mol. The van der Waals surface area contributed by atoms with Crippen molar-refractivity contribution in [3.05, 3.63) is 94.7 Å². The van der Waals surface area contributed by atoms with Crippen molar-refractivity contribution in [3.8, 4) is 0 Å². The Morgan fingerprint density at radius 1 is 1.07 bits per heavy atom. The molecule has 2 aromatic heterocycles. The molecule has 0 radical (unpaired) electrons. The van der Waals surface area contributed by atoms with Crippen LogP contribution in [0.25, 0.3) is 10.9 Å². The molecule has 0 saturated carbocycles. The van der Waals surface area contributed by atoms with Gasteiger partial charge in [0.05, 0.1) is 5.56 Å². The molecule has 1 amide bonds. The lowest BCUT2D eigenvalue weighted by Crippen LogP contribution is -2.23. The minimum Gasteiger partial charge on any atom is -0.340 e. The van der Waals surface area contributed by atoms with Gasteiger partial charge in [0, 0.05) is 46.2 Å². The van der Waals surface area contributed by atoms with Gasteiger partial charge in [-0.25, -0.2) is 4.39 Å². The topological polar surface area (TPSA) is 64.0 Å².